The van der Waals surface area contributed by atoms with Crippen molar-refractivity contribution in [3.05, 3.63) is 23.5 Å². The van der Waals surface area contributed by atoms with Crippen LogP contribution in [0.2, 0.25) is 0 Å². The Morgan fingerprint density at radius 2 is 2.18 bits per heavy atom. The van der Waals surface area contributed by atoms with E-state index in [4.69, 9.17) is 5.73 Å². The van der Waals surface area contributed by atoms with Crippen molar-refractivity contribution in [2.24, 2.45) is 5.73 Å². The Labute approximate surface area is 68.0 Å². The Hall–Kier alpha value is -0.760. The van der Waals surface area contributed by atoms with Crippen LogP contribution in [0.25, 0.3) is 0 Å². The minimum Gasteiger partial charge on any atom is -0.349 e. The van der Waals surface area contributed by atoms with Gasteiger partial charge in [-0.05, 0) is 38.9 Å². The van der Waals surface area contributed by atoms with Crippen molar-refractivity contribution in [2.45, 2.75) is 26.8 Å². The van der Waals surface area contributed by atoms with Crippen molar-refractivity contribution in [2.75, 3.05) is 6.54 Å². The Morgan fingerprint density at radius 3 is 2.73 bits per heavy atom. The zero-order valence-corrected chi connectivity index (χ0v) is 7.30. The van der Waals surface area contributed by atoms with Crippen molar-refractivity contribution in [3.8, 4) is 0 Å². The summed E-state index contributed by atoms with van der Waals surface area (Å²) in [6.45, 7) is 6.08. The van der Waals surface area contributed by atoms with Crippen LogP contribution in [-0.4, -0.2) is 11.1 Å². The van der Waals surface area contributed by atoms with E-state index in [0.29, 0.717) is 0 Å². The van der Waals surface area contributed by atoms with Gasteiger partial charge in [-0.25, -0.2) is 0 Å². The largest absolute Gasteiger partial charge is 0.349 e. The molecule has 0 fully saturated rings. The molecule has 2 N–H and O–H groups in total. The van der Waals surface area contributed by atoms with E-state index in [-0.39, 0.29) is 0 Å². The molecule has 0 bridgehead atoms. The van der Waals surface area contributed by atoms with Crippen molar-refractivity contribution >= 4 is 0 Å². The number of rotatable bonds is 3. The molecular weight excluding hydrogens is 136 g/mol. The van der Waals surface area contributed by atoms with Crippen LogP contribution in [0.4, 0.5) is 0 Å². The zero-order valence-electron chi connectivity index (χ0n) is 7.30. The molecule has 0 amide bonds. The average molecular weight is 152 g/mol. The normalized spacial score (nSPS) is 10.5. The van der Waals surface area contributed by atoms with Gasteiger partial charge in [-0.1, -0.05) is 0 Å². The SMILES string of the molecule is CCn1c(C)ccc1CCN. The van der Waals surface area contributed by atoms with Crippen LogP contribution in [0.3, 0.4) is 0 Å². The highest BCUT2D eigenvalue weighted by Gasteiger charge is 2.00. The van der Waals surface area contributed by atoms with Crippen LogP contribution in [-0.2, 0) is 13.0 Å². The summed E-state index contributed by atoms with van der Waals surface area (Å²) >= 11 is 0. The van der Waals surface area contributed by atoms with E-state index in [2.05, 4.69) is 30.5 Å². The fraction of sp³-hybridized carbons (Fsp3) is 0.556. The van der Waals surface area contributed by atoms with E-state index in [0.717, 1.165) is 19.5 Å². The van der Waals surface area contributed by atoms with Crippen LogP contribution >= 0.6 is 0 Å². The van der Waals surface area contributed by atoms with Crippen LogP contribution in [0, 0.1) is 6.92 Å². The second-order valence-corrected chi connectivity index (χ2v) is 2.75. The molecule has 0 aliphatic carbocycles. The van der Waals surface area contributed by atoms with Crippen LogP contribution in [0.5, 0.6) is 0 Å². The molecule has 2 nitrogen and oxygen atoms in total. The molecule has 0 aromatic carbocycles. The molecule has 0 atom stereocenters. The van der Waals surface area contributed by atoms with Crippen molar-refractivity contribution in [3.63, 3.8) is 0 Å². The molecule has 0 unspecified atom stereocenters. The summed E-state index contributed by atoms with van der Waals surface area (Å²) in [6, 6.07) is 4.31. The van der Waals surface area contributed by atoms with Gasteiger partial charge in [-0.2, -0.15) is 0 Å². The average Bonchev–Trinajstić information content (AvgIpc) is 2.33. The smallest absolute Gasteiger partial charge is 0.0196 e. The molecule has 0 saturated heterocycles. The molecule has 11 heavy (non-hydrogen) atoms. The lowest BCUT2D eigenvalue weighted by Crippen LogP contribution is -2.08. The second kappa shape index (κ2) is 3.58. The van der Waals surface area contributed by atoms with Gasteiger partial charge in [0, 0.05) is 17.9 Å². The topological polar surface area (TPSA) is 30.9 Å². The third-order valence-electron chi connectivity index (χ3n) is 2.01. The van der Waals surface area contributed by atoms with E-state index in [1.54, 1.807) is 0 Å². The Balaban J connectivity index is 2.86. The summed E-state index contributed by atoms with van der Waals surface area (Å²) in [4.78, 5) is 0. The van der Waals surface area contributed by atoms with Gasteiger partial charge in [0.15, 0.2) is 0 Å². The molecule has 0 radical (unpaired) electrons. The molecule has 0 saturated carbocycles. The summed E-state index contributed by atoms with van der Waals surface area (Å²) in [5, 5.41) is 0. The highest BCUT2D eigenvalue weighted by atomic mass is 15.0. The van der Waals surface area contributed by atoms with Gasteiger partial charge >= 0.3 is 0 Å². The van der Waals surface area contributed by atoms with Gasteiger partial charge in [-0.3, -0.25) is 0 Å². The molecule has 1 aromatic heterocycles. The number of hydrogen-bond donors (Lipinski definition) is 1. The van der Waals surface area contributed by atoms with Gasteiger partial charge < -0.3 is 10.3 Å². The summed E-state index contributed by atoms with van der Waals surface area (Å²) < 4.78 is 2.30. The molecular formula is C9H16N2. The number of hydrogen-bond acceptors (Lipinski definition) is 1. The van der Waals surface area contributed by atoms with E-state index in [1.165, 1.54) is 11.4 Å². The third-order valence-corrected chi connectivity index (χ3v) is 2.01. The van der Waals surface area contributed by atoms with Crippen molar-refractivity contribution < 1.29 is 0 Å². The van der Waals surface area contributed by atoms with Gasteiger partial charge in [0.1, 0.15) is 0 Å². The van der Waals surface area contributed by atoms with Gasteiger partial charge in [0.2, 0.25) is 0 Å². The molecule has 62 valence electrons. The number of aryl methyl sites for hydroxylation is 1. The minimum absolute atomic E-state index is 0.740. The zero-order chi connectivity index (χ0) is 8.27. The third kappa shape index (κ3) is 1.63. The summed E-state index contributed by atoms with van der Waals surface area (Å²) in [5.41, 5.74) is 8.16. The summed E-state index contributed by atoms with van der Waals surface area (Å²) in [5.74, 6) is 0. The first-order valence-electron chi connectivity index (χ1n) is 4.14. The van der Waals surface area contributed by atoms with Crippen LogP contribution in [0.1, 0.15) is 18.3 Å². The maximum Gasteiger partial charge on any atom is 0.0196 e. The Bertz CT molecular complexity index is 225. The molecule has 2 heteroatoms. The summed E-state index contributed by atoms with van der Waals surface area (Å²) in [6.07, 6.45) is 0.988. The molecule has 1 aromatic rings. The van der Waals surface area contributed by atoms with Crippen molar-refractivity contribution in [1.29, 1.82) is 0 Å². The predicted octanol–water partition coefficient (Wildman–Crippen LogP) is 1.32. The van der Waals surface area contributed by atoms with Crippen LogP contribution in [0.15, 0.2) is 12.1 Å². The standard InChI is InChI=1S/C9H16N2/c1-3-11-8(2)4-5-9(11)6-7-10/h4-5H,3,6-7,10H2,1-2H3. The lowest BCUT2D eigenvalue weighted by Gasteiger charge is -2.06. The maximum atomic E-state index is 5.48. The first kappa shape index (κ1) is 8.34. The lowest BCUT2D eigenvalue weighted by molar-refractivity contribution is 0.690. The minimum atomic E-state index is 0.740. The van der Waals surface area contributed by atoms with E-state index >= 15 is 0 Å². The molecule has 0 spiro atoms. The molecule has 0 aliphatic heterocycles. The first-order chi connectivity index (χ1) is 5.29. The lowest BCUT2D eigenvalue weighted by atomic mass is 10.3. The second-order valence-electron chi connectivity index (χ2n) is 2.75. The fourth-order valence-corrected chi connectivity index (χ4v) is 1.44. The quantitative estimate of drug-likeness (QED) is 0.695. The highest BCUT2D eigenvalue weighted by molar-refractivity contribution is 5.15. The van der Waals surface area contributed by atoms with E-state index in [1.807, 2.05) is 0 Å². The van der Waals surface area contributed by atoms with Gasteiger partial charge in [0.05, 0.1) is 0 Å². The highest BCUT2D eigenvalue weighted by Crippen LogP contribution is 2.07. The molecule has 0 aliphatic rings. The van der Waals surface area contributed by atoms with E-state index in [9.17, 15) is 0 Å². The Kier molecular flexibility index (Phi) is 2.71. The predicted molar refractivity (Wildman–Crippen MR) is 47.6 cm³/mol. The van der Waals surface area contributed by atoms with Crippen LogP contribution < -0.4 is 5.73 Å². The number of nitrogens with two attached hydrogens (primary N) is 1. The van der Waals surface area contributed by atoms with Crippen molar-refractivity contribution in [1.82, 2.24) is 4.57 Å². The van der Waals surface area contributed by atoms with E-state index < -0.39 is 0 Å². The maximum absolute atomic E-state index is 5.48. The Morgan fingerprint density at radius 1 is 1.45 bits per heavy atom. The van der Waals surface area contributed by atoms with Gasteiger partial charge in [-0.15, -0.1) is 0 Å². The van der Waals surface area contributed by atoms with Gasteiger partial charge in [0.25, 0.3) is 0 Å². The number of aromatic nitrogens is 1. The summed E-state index contributed by atoms with van der Waals surface area (Å²) in [7, 11) is 0. The molecule has 1 rings (SSSR count). The number of nitrogens with zero attached hydrogens (tertiary/aromatic N) is 1. The fourth-order valence-electron chi connectivity index (χ4n) is 1.44. The molecule has 1 heterocycles. The monoisotopic (exact) mass is 152 g/mol. The first-order valence-corrected chi connectivity index (χ1v) is 4.14.